The molecule has 57 heavy (non-hydrogen) atoms. The van der Waals surface area contributed by atoms with E-state index >= 15 is 0 Å². The van der Waals surface area contributed by atoms with E-state index in [0.717, 1.165) is 28.2 Å². The van der Waals surface area contributed by atoms with Crippen LogP contribution < -0.4 is 0 Å². The van der Waals surface area contributed by atoms with Crippen LogP contribution in [0.4, 0.5) is 0 Å². The van der Waals surface area contributed by atoms with Crippen molar-refractivity contribution in [3.8, 4) is 33.8 Å². The Labute approximate surface area is 331 Å². The van der Waals surface area contributed by atoms with Crippen molar-refractivity contribution in [3.63, 3.8) is 0 Å². The zero-order valence-electron chi connectivity index (χ0n) is 31.5. The predicted octanol–water partition coefficient (Wildman–Crippen LogP) is 13.5. The van der Waals surface area contributed by atoms with Gasteiger partial charge in [-0.1, -0.05) is 165 Å². The normalized spacial score (nSPS) is 15.7. The number of fused-ring (bicyclic) bond motifs is 6. The Morgan fingerprint density at radius 3 is 1.44 bits per heavy atom. The molecule has 3 heterocycles. The number of allylic oxidation sites excluding steroid dienone is 4. The third-order valence-corrected chi connectivity index (χ3v) is 11.7. The third-order valence-electron chi connectivity index (χ3n) is 11.7. The van der Waals surface area contributed by atoms with E-state index < -0.39 is 0 Å². The van der Waals surface area contributed by atoms with Crippen molar-refractivity contribution in [2.24, 2.45) is 5.92 Å². The van der Waals surface area contributed by atoms with Crippen LogP contribution in [0, 0.1) is 5.92 Å². The Balaban J connectivity index is 1.16. The van der Waals surface area contributed by atoms with Gasteiger partial charge in [-0.15, -0.1) is 0 Å². The Morgan fingerprint density at radius 1 is 0.421 bits per heavy atom. The SMILES string of the molecule is CC1C(c2cc(-c3ccc(-c4ccccc4)cc3)nc(-c3ccccc3)n2)=CC(n2c3ccccc3c3ccccc32)=CC1n1c2ccccc2c2ccccc21. The minimum absolute atomic E-state index is 0.0199. The van der Waals surface area contributed by atoms with Gasteiger partial charge in [0.15, 0.2) is 5.82 Å². The summed E-state index contributed by atoms with van der Waals surface area (Å²) in [5, 5.41) is 5.01. The first-order valence-corrected chi connectivity index (χ1v) is 19.7. The fourth-order valence-electron chi connectivity index (χ4n) is 8.98. The number of nitrogens with zero attached hydrogens (tertiary/aromatic N) is 4. The molecular weight excluding hydrogens is 693 g/mol. The van der Waals surface area contributed by atoms with E-state index in [1.807, 2.05) is 6.07 Å². The number of hydrogen-bond acceptors (Lipinski definition) is 2. The molecule has 0 saturated heterocycles. The molecular formula is C53H38N4. The molecule has 0 spiro atoms. The molecule has 4 nitrogen and oxygen atoms in total. The Kier molecular flexibility index (Phi) is 7.82. The van der Waals surface area contributed by atoms with Crippen molar-refractivity contribution in [2.75, 3.05) is 0 Å². The molecule has 3 aromatic heterocycles. The van der Waals surface area contributed by atoms with Gasteiger partial charge < -0.3 is 9.13 Å². The molecule has 0 fully saturated rings. The average Bonchev–Trinajstić information content (AvgIpc) is 3.80. The summed E-state index contributed by atoms with van der Waals surface area (Å²) in [4.78, 5) is 10.7. The highest BCUT2D eigenvalue weighted by atomic mass is 15.0. The van der Waals surface area contributed by atoms with Crippen LogP contribution in [0.1, 0.15) is 18.7 Å². The maximum absolute atomic E-state index is 5.42. The second-order valence-corrected chi connectivity index (χ2v) is 15.0. The topological polar surface area (TPSA) is 35.6 Å². The average molecular weight is 731 g/mol. The molecule has 1 aliphatic carbocycles. The molecule has 0 radical (unpaired) electrons. The van der Waals surface area contributed by atoms with Crippen LogP contribution in [0.15, 0.2) is 200 Å². The molecule has 0 bridgehead atoms. The summed E-state index contributed by atoms with van der Waals surface area (Å²) in [5.41, 5.74) is 13.3. The van der Waals surface area contributed by atoms with E-state index in [1.54, 1.807) is 0 Å². The van der Waals surface area contributed by atoms with E-state index in [4.69, 9.17) is 9.97 Å². The van der Waals surface area contributed by atoms with Crippen LogP contribution in [0.3, 0.4) is 0 Å². The van der Waals surface area contributed by atoms with Gasteiger partial charge >= 0.3 is 0 Å². The number of rotatable bonds is 6. The summed E-state index contributed by atoms with van der Waals surface area (Å²) in [5.74, 6) is 0.776. The highest BCUT2D eigenvalue weighted by molar-refractivity contribution is 6.11. The number of benzene rings is 7. The Bertz CT molecular complexity index is 3080. The van der Waals surface area contributed by atoms with Crippen LogP contribution in [-0.2, 0) is 0 Å². The Morgan fingerprint density at radius 2 is 0.860 bits per heavy atom. The minimum atomic E-state index is -0.0199. The lowest BCUT2D eigenvalue weighted by Gasteiger charge is -2.32. The van der Waals surface area contributed by atoms with Crippen molar-refractivity contribution < 1.29 is 0 Å². The van der Waals surface area contributed by atoms with Crippen molar-refractivity contribution in [1.29, 1.82) is 0 Å². The zero-order valence-corrected chi connectivity index (χ0v) is 31.5. The number of hydrogen-bond donors (Lipinski definition) is 0. The van der Waals surface area contributed by atoms with Crippen molar-refractivity contribution >= 4 is 54.9 Å². The highest BCUT2D eigenvalue weighted by Gasteiger charge is 2.31. The fraction of sp³-hybridized carbons (Fsp3) is 0.0566. The molecule has 0 saturated carbocycles. The third kappa shape index (κ3) is 5.52. The summed E-state index contributed by atoms with van der Waals surface area (Å²) >= 11 is 0. The van der Waals surface area contributed by atoms with Crippen molar-refractivity contribution in [2.45, 2.75) is 13.0 Å². The van der Waals surface area contributed by atoms with E-state index in [-0.39, 0.29) is 12.0 Å². The first kappa shape index (κ1) is 33.1. The van der Waals surface area contributed by atoms with Gasteiger partial charge in [0.25, 0.3) is 0 Å². The van der Waals surface area contributed by atoms with E-state index in [0.29, 0.717) is 5.82 Å². The lowest BCUT2D eigenvalue weighted by molar-refractivity contribution is 0.522. The lowest BCUT2D eigenvalue weighted by atomic mass is 9.84. The second kappa shape index (κ2) is 13.5. The van der Waals surface area contributed by atoms with Crippen LogP contribution >= 0.6 is 0 Å². The summed E-state index contributed by atoms with van der Waals surface area (Å²) in [6.07, 6.45) is 4.86. The second-order valence-electron chi connectivity index (χ2n) is 15.0. The quantitative estimate of drug-likeness (QED) is 0.171. The van der Waals surface area contributed by atoms with Crippen LogP contribution in [0.5, 0.6) is 0 Å². The molecule has 2 unspecified atom stereocenters. The summed E-state index contributed by atoms with van der Waals surface area (Å²) in [6, 6.07) is 67.0. The summed E-state index contributed by atoms with van der Waals surface area (Å²) in [7, 11) is 0. The lowest BCUT2D eigenvalue weighted by Crippen LogP contribution is -2.21. The monoisotopic (exact) mass is 730 g/mol. The fourth-order valence-corrected chi connectivity index (χ4v) is 8.98. The maximum atomic E-state index is 5.42. The van der Waals surface area contributed by atoms with Gasteiger partial charge in [0.1, 0.15) is 0 Å². The molecule has 7 aromatic carbocycles. The maximum Gasteiger partial charge on any atom is 0.160 e. The molecule has 1 aliphatic rings. The van der Waals surface area contributed by atoms with Crippen molar-refractivity contribution in [3.05, 3.63) is 206 Å². The molecule has 10 aromatic rings. The predicted molar refractivity (Wildman–Crippen MR) is 238 cm³/mol. The minimum Gasteiger partial charge on any atom is -0.333 e. The standard InChI is InChI=1S/C53H38N4/c1-35-45(47-34-46(54-53(55-47)39-18-6-3-7-19-39)38-30-28-37(29-31-38)36-16-4-2-5-17-36)32-40(56-48-24-12-8-20-41(48)42-21-9-13-25-49(42)56)33-52(35)57-50-26-14-10-22-43(50)44-23-11-15-27-51(44)57/h2-35,52H,1H3. The first-order valence-electron chi connectivity index (χ1n) is 19.7. The largest absolute Gasteiger partial charge is 0.333 e. The van der Waals surface area contributed by atoms with Gasteiger partial charge in [0, 0.05) is 55.3 Å². The zero-order chi connectivity index (χ0) is 37.9. The molecule has 0 aliphatic heterocycles. The molecule has 0 amide bonds. The van der Waals surface area contributed by atoms with Gasteiger partial charge in [-0.3, -0.25) is 0 Å². The highest BCUT2D eigenvalue weighted by Crippen LogP contribution is 2.45. The first-order chi connectivity index (χ1) is 28.2. The van der Waals surface area contributed by atoms with Gasteiger partial charge in [0.2, 0.25) is 0 Å². The number of aromatic nitrogens is 4. The smallest absolute Gasteiger partial charge is 0.160 e. The van der Waals surface area contributed by atoms with Crippen molar-refractivity contribution in [1.82, 2.24) is 19.1 Å². The van der Waals surface area contributed by atoms with E-state index in [9.17, 15) is 0 Å². The van der Waals surface area contributed by atoms with Crippen LogP contribution in [-0.4, -0.2) is 19.1 Å². The number of para-hydroxylation sites is 4. The molecule has 2 atom stereocenters. The molecule has 11 rings (SSSR count). The van der Waals surface area contributed by atoms with E-state index in [1.165, 1.54) is 60.3 Å². The van der Waals surface area contributed by atoms with E-state index in [2.05, 4.69) is 210 Å². The summed E-state index contributed by atoms with van der Waals surface area (Å²) in [6.45, 7) is 2.36. The molecule has 270 valence electrons. The Hall–Kier alpha value is -7.30. The van der Waals surface area contributed by atoms with Gasteiger partial charge in [-0.05, 0) is 59.2 Å². The van der Waals surface area contributed by atoms with Crippen LogP contribution in [0.25, 0.3) is 88.7 Å². The molecule has 4 heteroatoms. The van der Waals surface area contributed by atoms with Gasteiger partial charge in [0.05, 0.1) is 28.5 Å². The summed E-state index contributed by atoms with van der Waals surface area (Å²) < 4.78 is 5.00. The van der Waals surface area contributed by atoms with Crippen LogP contribution in [0.2, 0.25) is 0 Å². The molecule has 0 N–H and O–H groups in total. The van der Waals surface area contributed by atoms with Gasteiger partial charge in [-0.25, -0.2) is 9.97 Å². The van der Waals surface area contributed by atoms with Gasteiger partial charge in [-0.2, -0.15) is 0 Å².